The number of aliphatic hydroxyl groups is 1. The van der Waals surface area contributed by atoms with Crippen molar-refractivity contribution in [3.63, 3.8) is 0 Å². The third kappa shape index (κ3) is 2.80. The third-order valence-corrected chi connectivity index (χ3v) is 2.29. The first-order valence-corrected chi connectivity index (χ1v) is 5.28. The number of anilines is 2. The lowest BCUT2D eigenvalue weighted by Crippen LogP contribution is -2.10. The lowest BCUT2D eigenvalue weighted by molar-refractivity contribution is 0.100. The molecule has 0 aliphatic rings. The second-order valence-corrected chi connectivity index (χ2v) is 3.58. The molecule has 0 saturated heterocycles. The molecular formula is C12H12N4O2. The van der Waals surface area contributed by atoms with Gasteiger partial charge in [-0.2, -0.15) is 0 Å². The molecule has 18 heavy (non-hydrogen) atoms. The van der Waals surface area contributed by atoms with Crippen LogP contribution in [0.15, 0.2) is 36.5 Å². The zero-order valence-electron chi connectivity index (χ0n) is 9.50. The number of amides is 1. The van der Waals surface area contributed by atoms with Gasteiger partial charge in [-0.3, -0.25) is 4.79 Å². The van der Waals surface area contributed by atoms with E-state index < -0.39 is 5.91 Å². The molecule has 0 unspecified atom stereocenters. The van der Waals surface area contributed by atoms with Crippen molar-refractivity contribution in [2.24, 2.45) is 5.73 Å². The van der Waals surface area contributed by atoms with Crippen LogP contribution in [-0.4, -0.2) is 21.0 Å². The van der Waals surface area contributed by atoms with Crippen molar-refractivity contribution < 1.29 is 9.90 Å². The van der Waals surface area contributed by atoms with E-state index >= 15 is 0 Å². The number of hydrogen-bond acceptors (Lipinski definition) is 5. The Labute approximate surface area is 104 Å². The molecule has 0 saturated carbocycles. The summed E-state index contributed by atoms with van der Waals surface area (Å²) in [6.07, 6.45) is 1.55. The number of nitrogens with two attached hydrogens (primary N) is 1. The molecule has 1 amide bonds. The quantitative estimate of drug-likeness (QED) is 0.738. The molecule has 0 aliphatic heterocycles. The van der Waals surface area contributed by atoms with Crippen LogP contribution in [-0.2, 0) is 6.61 Å². The number of nitrogens with zero attached hydrogens (tertiary/aromatic N) is 2. The predicted octanol–water partition coefficient (Wildman–Crippen LogP) is 0.811. The van der Waals surface area contributed by atoms with Crippen molar-refractivity contribution in [2.45, 2.75) is 6.61 Å². The van der Waals surface area contributed by atoms with Crippen LogP contribution in [0.5, 0.6) is 0 Å². The molecule has 92 valence electrons. The van der Waals surface area contributed by atoms with Gasteiger partial charge in [-0.1, -0.05) is 0 Å². The summed E-state index contributed by atoms with van der Waals surface area (Å²) < 4.78 is 0. The number of hydrogen-bond donors (Lipinski definition) is 3. The fourth-order valence-corrected chi connectivity index (χ4v) is 1.41. The topological polar surface area (TPSA) is 101 Å². The SMILES string of the molecule is NC(=O)c1ccc(Nc2ccnc(CO)n2)cc1. The zero-order chi connectivity index (χ0) is 13.0. The van der Waals surface area contributed by atoms with Crippen molar-refractivity contribution in [1.29, 1.82) is 0 Å². The zero-order valence-corrected chi connectivity index (χ0v) is 9.50. The first-order valence-electron chi connectivity index (χ1n) is 5.28. The van der Waals surface area contributed by atoms with Crippen LogP contribution in [0.1, 0.15) is 16.2 Å². The molecular weight excluding hydrogens is 232 g/mol. The largest absolute Gasteiger partial charge is 0.388 e. The minimum Gasteiger partial charge on any atom is -0.388 e. The minimum absolute atomic E-state index is 0.212. The molecule has 0 fully saturated rings. The van der Waals surface area contributed by atoms with E-state index in [2.05, 4.69) is 15.3 Å². The fourth-order valence-electron chi connectivity index (χ4n) is 1.41. The van der Waals surface area contributed by atoms with Crippen LogP contribution in [0.3, 0.4) is 0 Å². The van der Waals surface area contributed by atoms with E-state index in [1.807, 2.05) is 0 Å². The summed E-state index contributed by atoms with van der Waals surface area (Å²) in [4.78, 5) is 18.9. The average Bonchev–Trinajstić information content (AvgIpc) is 2.39. The van der Waals surface area contributed by atoms with Crippen LogP contribution >= 0.6 is 0 Å². The second-order valence-electron chi connectivity index (χ2n) is 3.58. The van der Waals surface area contributed by atoms with E-state index in [0.717, 1.165) is 5.69 Å². The van der Waals surface area contributed by atoms with Gasteiger partial charge in [-0.05, 0) is 30.3 Å². The molecule has 6 nitrogen and oxygen atoms in total. The van der Waals surface area contributed by atoms with E-state index in [0.29, 0.717) is 17.2 Å². The molecule has 1 aromatic carbocycles. The third-order valence-electron chi connectivity index (χ3n) is 2.29. The maximum absolute atomic E-state index is 10.9. The molecule has 0 aliphatic carbocycles. The molecule has 1 aromatic heterocycles. The van der Waals surface area contributed by atoms with E-state index in [9.17, 15) is 4.79 Å². The standard InChI is InChI=1S/C12H12N4O2/c13-12(18)8-1-3-9(4-2-8)15-10-5-6-14-11(7-17)16-10/h1-6,17H,7H2,(H2,13,18)(H,14,15,16). The first-order chi connectivity index (χ1) is 8.69. The van der Waals surface area contributed by atoms with Crippen molar-refractivity contribution in [1.82, 2.24) is 9.97 Å². The van der Waals surface area contributed by atoms with Gasteiger partial charge in [-0.15, -0.1) is 0 Å². The molecule has 0 atom stereocenters. The molecule has 1 heterocycles. The van der Waals surface area contributed by atoms with Gasteiger partial charge in [0.05, 0.1) is 0 Å². The average molecular weight is 244 g/mol. The van der Waals surface area contributed by atoms with Gasteiger partial charge in [0.25, 0.3) is 0 Å². The first kappa shape index (κ1) is 12.0. The van der Waals surface area contributed by atoms with E-state index in [1.54, 1.807) is 36.5 Å². The predicted molar refractivity (Wildman–Crippen MR) is 66.2 cm³/mol. The van der Waals surface area contributed by atoms with Crippen LogP contribution in [0.25, 0.3) is 0 Å². The summed E-state index contributed by atoms with van der Waals surface area (Å²) in [6, 6.07) is 8.38. The van der Waals surface area contributed by atoms with E-state index in [4.69, 9.17) is 10.8 Å². The monoisotopic (exact) mass is 244 g/mol. The van der Waals surface area contributed by atoms with Crippen molar-refractivity contribution in [3.05, 3.63) is 47.9 Å². The number of benzene rings is 1. The lowest BCUT2D eigenvalue weighted by atomic mass is 10.2. The van der Waals surface area contributed by atoms with Gasteiger partial charge in [0, 0.05) is 17.4 Å². The van der Waals surface area contributed by atoms with Gasteiger partial charge >= 0.3 is 0 Å². The van der Waals surface area contributed by atoms with Gasteiger partial charge in [0.1, 0.15) is 12.4 Å². The molecule has 0 bridgehead atoms. The highest BCUT2D eigenvalue weighted by molar-refractivity contribution is 5.93. The summed E-state index contributed by atoms with van der Waals surface area (Å²) in [7, 11) is 0. The van der Waals surface area contributed by atoms with E-state index in [1.165, 1.54) is 0 Å². The highest BCUT2D eigenvalue weighted by atomic mass is 16.3. The van der Waals surface area contributed by atoms with Gasteiger partial charge in [0.2, 0.25) is 5.91 Å². The van der Waals surface area contributed by atoms with Crippen LogP contribution < -0.4 is 11.1 Å². The number of nitrogens with one attached hydrogen (secondary N) is 1. The van der Waals surface area contributed by atoms with Crippen molar-refractivity contribution >= 4 is 17.4 Å². The Bertz CT molecular complexity index is 554. The van der Waals surface area contributed by atoms with Gasteiger partial charge in [-0.25, -0.2) is 9.97 Å². The Balaban J connectivity index is 2.15. The number of carbonyl (C=O) groups is 1. The number of aliphatic hydroxyl groups excluding tert-OH is 1. The number of carbonyl (C=O) groups excluding carboxylic acids is 1. The lowest BCUT2D eigenvalue weighted by Gasteiger charge is -2.06. The summed E-state index contributed by atoms with van der Waals surface area (Å²) in [5.41, 5.74) is 6.36. The molecule has 6 heteroatoms. The number of aromatic nitrogens is 2. The Morgan fingerprint density at radius 3 is 2.61 bits per heavy atom. The van der Waals surface area contributed by atoms with Crippen LogP contribution in [0, 0.1) is 0 Å². The molecule has 4 N–H and O–H groups in total. The Hall–Kier alpha value is -2.47. The summed E-state index contributed by atoms with van der Waals surface area (Å²) in [5, 5.41) is 12.0. The van der Waals surface area contributed by atoms with Crippen LogP contribution in [0.2, 0.25) is 0 Å². The fraction of sp³-hybridized carbons (Fsp3) is 0.0833. The Morgan fingerprint density at radius 1 is 1.28 bits per heavy atom. The molecule has 0 radical (unpaired) electrons. The number of primary amides is 1. The second kappa shape index (κ2) is 5.24. The normalized spacial score (nSPS) is 10.1. The van der Waals surface area contributed by atoms with Gasteiger partial charge < -0.3 is 16.2 Å². The molecule has 0 spiro atoms. The summed E-state index contributed by atoms with van der Waals surface area (Å²) in [6.45, 7) is -0.212. The van der Waals surface area contributed by atoms with Crippen molar-refractivity contribution in [2.75, 3.05) is 5.32 Å². The van der Waals surface area contributed by atoms with Crippen LogP contribution in [0.4, 0.5) is 11.5 Å². The molecule has 2 aromatic rings. The summed E-state index contributed by atoms with van der Waals surface area (Å²) >= 11 is 0. The maximum atomic E-state index is 10.9. The smallest absolute Gasteiger partial charge is 0.248 e. The Kier molecular flexibility index (Phi) is 3.49. The summed E-state index contributed by atoms with van der Waals surface area (Å²) in [5.74, 6) is 0.445. The van der Waals surface area contributed by atoms with E-state index in [-0.39, 0.29) is 6.61 Å². The van der Waals surface area contributed by atoms with Crippen molar-refractivity contribution in [3.8, 4) is 0 Å². The maximum Gasteiger partial charge on any atom is 0.248 e. The minimum atomic E-state index is -0.467. The van der Waals surface area contributed by atoms with Gasteiger partial charge in [0.15, 0.2) is 5.82 Å². The highest BCUT2D eigenvalue weighted by Gasteiger charge is 2.01. The Morgan fingerprint density at radius 2 is 2.00 bits per heavy atom. The highest BCUT2D eigenvalue weighted by Crippen LogP contribution is 2.14. The molecule has 2 rings (SSSR count). The number of rotatable bonds is 4.